The number of hydrogen-bond acceptors (Lipinski definition) is 3. The summed E-state index contributed by atoms with van der Waals surface area (Å²) in [5, 5.41) is 7.54. The van der Waals surface area contributed by atoms with Crippen molar-refractivity contribution in [3.63, 3.8) is 0 Å². The van der Waals surface area contributed by atoms with E-state index in [1.807, 2.05) is 0 Å². The maximum Gasteiger partial charge on any atom is 0.225 e. The van der Waals surface area contributed by atoms with Crippen molar-refractivity contribution in [3.8, 4) is 0 Å². The Labute approximate surface area is 120 Å². The Morgan fingerprint density at radius 2 is 1.95 bits per heavy atom. The van der Waals surface area contributed by atoms with Gasteiger partial charge >= 0.3 is 0 Å². The maximum atomic E-state index is 5.47. The summed E-state index contributed by atoms with van der Waals surface area (Å²) in [5.74, 6) is 1.85. The summed E-state index contributed by atoms with van der Waals surface area (Å²) in [6.07, 6.45) is 9.14. The lowest BCUT2D eigenvalue weighted by atomic mass is 9.95. The molecule has 106 valence electrons. The topological polar surface area (TPSA) is 36.9 Å². The SMILES string of the molecule is CC1CCCN(c2n[nH]c(=S)n2C2CCCCC2)C1. The number of piperidine rings is 1. The summed E-state index contributed by atoms with van der Waals surface area (Å²) in [6.45, 7) is 4.57. The van der Waals surface area contributed by atoms with Crippen molar-refractivity contribution in [2.45, 2.75) is 57.9 Å². The first-order valence-corrected chi connectivity index (χ1v) is 8.08. The number of anilines is 1. The second kappa shape index (κ2) is 5.65. The van der Waals surface area contributed by atoms with Crippen LogP contribution in [0, 0.1) is 10.7 Å². The lowest BCUT2D eigenvalue weighted by molar-refractivity contribution is 0.345. The molecule has 2 fully saturated rings. The zero-order chi connectivity index (χ0) is 13.2. The van der Waals surface area contributed by atoms with Gasteiger partial charge in [-0.05, 0) is 43.8 Å². The van der Waals surface area contributed by atoms with Gasteiger partial charge in [0.25, 0.3) is 0 Å². The van der Waals surface area contributed by atoms with Crippen LogP contribution < -0.4 is 4.90 Å². The van der Waals surface area contributed by atoms with Gasteiger partial charge in [0.2, 0.25) is 5.95 Å². The van der Waals surface area contributed by atoms with E-state index in [0.717, 1.165) is 29.7 Å². The number of nitrogens with one attached hydrogen (secondary N) is 1. The molecule has 0 bridgehead atoms. The van der Waals surface area contributed by atoms with E-state index < -0.39 is 0 Å². The summed E-state index contributed by atoms with van der Waals surface area (Å²) < 4.78 is 3.10. The Bertz CT molecular complexity index is 472. The van der Waals surface area contributed by atoms with Gasteiger partial charge in [-0.25, -0.2) is 5.10 Å². The Balaban J connectivity index is 1.87. The van der Waals surface area contributed by atoms with Crippen molar-refractivity contribution in [1.29, 1.82) is 0 Å². The number of aromatic nitrogens is 3. The minimum Gasteiger partial charge on any atom is -0.341 e. The minimum absolute atomic E-state index is 0.562. The fourth-order valence-corrected chi connectivity index (χ4v) is 3.84. The third kappa shape index (κ3) is 2.71. The predicted octanol–water partition coefficient (Wildman–Crippen LogP) is 3.68. The van der Waals surface area contributed by atoms with Crippen LogP contribution >= 0.6 is 12.2 Å². The molecule has 1 aliphatic carbocycles. The third-order valence-electron chi connectivity index (χ3n) is 4.57. The zero-order valence-electron chi connectivity index (χ0n) is 11.8. The van der Waals surface area contributed by atoms with Gasteiger partial charge in [0.1, 0.15) is 0 Å². The van der Waals surface area contributed by atoms with Crippen LogP contribution in [0.1, 0.15) is 57.9 Å². The fourth-order valence-electron chi connectivity index (χ4n) is 3.56. The molecule has 19 heavy (non-hydrogen) atoms. The molecular formula is C14H24N4S. The predicted molar refractivity (Wildman–Crippen MR) is 80.1 cm³/mol. The van der Waals surface area contributed by atoms with Crippen molar-refractivity contribution in [1.82, 2.24) is 14.8 Å². The Morgan fingerprint density at radius 3 is 2.68 bits per heavy atom. The lowest BCUT2D eigenvalue weighted by Gasteiger charge is -2.33. The van der Waals surface area contributed by atoms with Crippen molar-refractivity contribution in [2.75, 3.05) is 18.0 Å². The first kappa shape index (κ1) is 13.2. The van der Waals surface area contributed by atoms with Gasteiger partial charge in [-0.1, -0.05) is 26.2 Å². The van der Waals surface area contributed by atoms with Gasteiger partial charge in [0.15, 0.2) is 4.77 Å². The van der Waals surface area contributed by atoms with E-state index in [9.17, 15) is 0 Å². The summed E-state index contributed by atoms with van der Waals surface area (Å²) in [7, 11) is 0. The fraction of sp³-hybridized carbons (Fsp3) is 0.857. The summed E-state index contributed by atoms with van der Waals surface area (Å²) in [5.41, 5.74) is 0. The molecule has 2 heterocycles. The zero-order valence-corrected chi connectivity index (χ0v) is 12.6. The number of nitrogens with zero attached hydrogens (tertiary/aromatic N) is 3. The number of aromatic amines is 1. The van der Waals surface area contributed by atoms with Gasteiger partial charge in [-0.3, -0.25) is 4.57 Å². The van der Waals surface area contributed by atoms with Crippen LogP contribution in [-0.4, -0.2) is 27.9 Å². The molecule has 0 aromatic carbocycles. The molecule has 0 spiro atoms. The van der Waals surface area contributed by atoms with Crippen molar-refractivity contribution in [2.24, 2.45) is 5.92 Å². The standard InChI is InChI=1S/C14H24N4S/c1-11-6-5-9-17(10-11)13-15-16-14(19)18(13)12-7-3-2-4-8-12/h11-12H,2-10H2,1H3,(H,16,19). The first-order valence-electron chi connectivity index (χ1n) is 7.67. The second-order valence-corrected chi connectivity index (χ2v) is 6.57. The Morgan fingerprint density at radius 1 is 1.16 bits per heavy atom. The van der Waals surface area contributed by atoms with E-state index >= 15 is 0 Å². The third-order valence-corrected chi connectivity index (χ3v) is 4.85. The van der Waals surface area contributed by atoms with E-state index in [1.165, 1.54) is 44.9 Å². The molecule has 5 heteroatoms. The quantitative estimate of drug-likeness (QED) is 0.840. The van der Waals surface area contributed by atoms with Crippen molar-refractivity contribution < 1.29 is 0 Å². The molecule has 1 N–H and O–H groups in total. The highest BCUT2D eigenvalue weighted by molar-refractivity contribution is 7.71. The van der Waals surface area contributed by atoms with Crippen LogP contribution in [-0.2, 0) is 0 Å². The molecule has 0 radical (unpaired) electrons. The molecule has 3 rings (SSSR count). The number of H-pyrrole nitrogens is 1. The van der Waals surface area contributed by atoms with Crippen molar-refractivity contribution >= 4 is 18.2 Å². The second-order valence-electron chi connectivity index (χ2n) is 6.18. The van der Waals surface area contributed by atoms with Gasteiger partial charge in [-0.2, -0.15) is 0 Å². The van der Waals surface area contributed by atoms with Crippen LogP contribution in [0.4, 0.5) is 5.95 Å². The molecule has 1 saturated heterocycles. The smallest absolute Gasteiger partial charge is 0.225 e. The van der Waals surface area contributed by atoms with Crippen LogP contribution in [0.3, 0.4) is 0 Å². The van der Waals surface area contributed by atoms with E-state index in [-0.39, 0.29) is 0 Å². The molecule has 1 aliphatic heterocycles. The molecule has 1 aromatic rings. The van der Waals surface area contributed by atoms with Crippen LogP contribution in [0.5, 0.6) is 0 Å². The van der Waals surface area contributed by atoms with Crippen LogP contribution in [0.25, 0.3) is 0 Å². The molecular weight excluding hydrogens is 256 g/mol. The van der Waals surface area contributed by atoms with E-state index in [1.54, 1.807) is 0 Å². The molecule has 1 aromatic heterocycles. The lowest BCUT2D eigenvalue weighted by Crippen LogP contribution is -2.36. The highest BCUT2D eigenvalue weighted by Gasteiger charge is 2.25. The molecule has 2 aliphatic rings. The minimum atomic E-state index is 0.562. The molecule has 1 atom stereocenters. The van der Waals surface area contributed by atoms with Crippen molar-refractivity contribution in [3.05, 3.63) is 4.77 Å². The van der Waals surface area contributed by atoms with Gasteiger partial charge in [0.05, 0.1) is 0 Å². The van der Waals surface area contributed by atoms with E-state index in [2.05, 4.69) is 26.6 Å². The molecule has 1 saturated carbocycles. The van der Waals surface area contributed by atoms with Crippen LogP contribution in [0.15, 0.2) is 0 Å². The summed E-state index contributed by atoms with van der Waals surface area (Å²) >= 11 is 5.47. The molecule has 4 nitrogen and oxygen atoms in total. The number of hydrogen-bond donors (Lipinski definition) is 1. The van der Waals surface area contributed by atoms with E-state index in [4.69, 9.17) is 12.2 Å². The Kier molecular flexibility index (Phi) is 3.91. The highest BCUT2D eigenvalue weighted by Crippen LogP contribution is 2.32. The largest absolute Gasteiger partial charge is 0.341 e. The van der Waals surface area contributed by atoms with E-state index in [0.29, 0.717) is 6.04 Å². The molecule has 1 unspecified atom stereocenters. The highest BCUT2D eigenvalue weighted by atomic mass is 32.1. The van der Waals surface area contributed by atoms with Gasteiger partial charge in [-0.15, -0.1) is 5.10 Å². The average molecular weight is 280 g/mol. The van der Waals surface area contributed by atoms with Crippen LogP contribution in [0.2, 0.25) is 0 Å². The first-order chi connectivity index (χ1) is 9.25. The normalized spacial score (nSPS) is 25.7. The Hall–Kier alpha value is -0.840. The monoisotopic (exact) mass is 280 g/mol. The van der Waals surface area contributed by atoms with Gasteiger partial charge in [0, 0.05) is 19.1 Å². The number of rotatable bonds is 2. The summed E-state index contributed by atoms with van der Waals surface area (Å²) in [6, 6.07) is 0.562. The summed E-state index contributed by atoms with van der Waals surface area (Å²) in [4.78, 5) is 2.43. The average Bonchev–Trinajstić information content (AvgIpc) is 2.82. The van der Waals surface area contributed by atoms with Gasteiger partial charge < -0.3 is 4.90 Å². The molecule has 0 amide bonds. The maximum absolute atomic E-state index is 5.47.